The van der Waals surface area contributed by atoms with E-state index in [1.807, 2.05) is 24.3 Å². The van der Waals surface area contributed by atoms with E-state index >= 15 is 0 Å². The highest BCUT2D eigenvalue weighted by Gasteiger charge is 2.26. The predicted molar refractivity (Wildman–Crippen MR) is 95.5 cm³/mol. The van der Waals surface area contributed by atoms with Crippen molar-refractivity contribution in [1.82, 2.24) is 16.2 Å². The SMILES string of the molecule is N#Cc1ccc(C2CC(c3ccc(C4CNCCO4)cc3)NN2)cc1. The number of morpholine rings is 1. The fourth-order valence-electron chi connectivity index (χ4n) is 3.51. The number of nitrogens with zero attached hydrogens (tertiary/aromatic N) is 1. The van der Waals surface area contributed by atoms with Gasteiger partial charge in [0.25, 0.3) is 0 Å². The normalized spacial score (nSPS) is 26.3. The molecule has 0 aliphatic carbocycles. The van der Waals surface area contributed by atoms with E-state index in [4.69, 9.17) is 10.00 Å². The van der Waals surface area contributed by atoms with Crippen LogP contribution in [-0.4, -0.2) is 19.7 Å². The van der Waals surface area contributed by atoms with Crippen LogP contribution < -0.4 is 16.2 Å². The van der Waals surface area contributed by atoms with Gasteiger partial charge in [0.1, 0.15) is 0 Å². The molecule has 2 aliphatic rings. The molecule has 0 saturated carbocycles. The van der Waals surface area contributed by atoms with Crippen molar-refractivity contribution < 1.29 is 4.74 Å². The lowest BCUT2D eigenvalue weighted by molar-refractivity contribution is 0.0277. The molecule has 2 saturated heterocycles. The van der Waals surface area contributed by atoms with Crippen molar-refractivity contribution in [2.75, 3.05) is 19.7 Å². The fraction of sp³-hybridized carbons (Fsp3) is 0.350. The summed E-state index contributed by atoms with van der Waals surface area (Å²) in [5, 5.41) is 12.3. The molecule has 5 nitrogen and oxygen atoms in total. The van der Waals surface area contributed by atoms with E-state index in [0.717, 1.165) is 26.1 Å². The van der Waals surface area contributed by atoms with Crippen LogP contribution in [0.2, 0.25) is 0 Å². The molecule has 0 bridgehead atoms. The van der Waals surface area contributed by atoms with E-state index in [0.29, 0.717) is 5.56 Å². The standard InChI is InChI=1S/C20H22N4O/c21-12-14-1-3-15(4-2-14)18-11-19(24-23-18)16-5-7-17(8-6-16)20-13-22-9-10-25-20/h1-8,18-20,22-24H,9-11,13H2. The Kier molecular flexibility index (Phi) is 4.77. The van der Waals surface area contributed by atoms with Crippen LogP contribution in [0.25, 0.3) is 0 Å². The second kappa shape index (κ2) is 7.34. The van der Waals surface area contributed by atoms with Gasteiger partial charge >= 0.3 is 0 Å². The number of hydrogen-bond donors (Lipinski definition) is 3. The third kappa shape index (κ3) is 3.58. The maximum Gasteiger partial charge on any atom is 0.0991 e. The monoisotopic (exact) mass is 334 g/mol. The molecule has 0 spiro atoms. The van der Waals surface area contributed by atoms with Gasteiger partial charge in [-0.05, 0) is 35.2 Å². The third-order valence-corrected chi connectivity index (χ3v) is 4.98. The Hall–Kier alpha value is -2.23. The van der Waals surface area contributed by atoms with Gasteiger partial charge < -0.3 is 10.1 Å². The van der Waals surface area contributed by atoms with Crippen LogP contribution in [0.4, 0.5) is 0 Å². The molecule has 5 heteroatoms. The maximum absolute atomic E-state index is 8.91. The largest absolute Gasteiger partial charge is 0.371 e. The molecule has 2 aliphatic heterocycles. The van der Waals surface area contributed by atoms with Crippen molar-refractivity contribution in [2.45, 2.75) is 24.6 Å². The second-order valence-corrected chi connectivity index (χ2v) is 6.59. The van der Waals surface area contributed by atoms with E-state index in [1.165, 1.54) is 16.7 Å². The molecule has 0 aromatic heterocycles. The lowest BCUT2D eigenvalue weighted by Crippen LogP contribution is -2.33. The van der Waals surface area contributed by atoms with Crippen molar-refractivity contribution >= 4 is 0 Å². The van der Waals surface area contributed by atoms with Crippen molar-refractivity contribution in [3.63, 3.8) is 0 Å². The molecule has 3 atom stereocenters. The van der Waals surface area contributed by atoms with Crippen LogP contribution >= 0.6 is 0 Å². The summed E-state index contributed by atoms with van der Waals surface area (Å²) >= 11 is 0. The first kappa shape index (κ1) is 16.2. The van der Waals surface area contributed by atoms with E-state index in [-0.39, 0.29) is 18.2 Å². The number of nitrogens with one attached hydrogen (secondary N) is 3. The summed E-state index contributed by atoms with van der Waals surface area (Å²) < 4.78 is 5.81. The first-order chi connectivity index (χ1) is 12.3. The van der Waals surface area contributed by atoms with Gasteiger partial charge in [-0.15, -0.1) is 0 Å². The lowest BCUT2D eigenvalue weighted by atomic mass is 9.96. The van der Waals surface area contributed by atoms with Crippen molar-refractivity contribution in [3.05, 3.63) is 70.8 Å². The zero-order valence-electron chi connectivity index (χ0n) is 14.0. The minimum absolute atomic E-state index is 0.156. The van der Waals surface area contributed by atoms with E-state index in [9.17, 15) is 0 Å². The minimum Gasteiger partial charge on any atom is -0.371 e. The quantitative estimate of drug-likeness (QED) is 0.805. The number of ether oxygens (including phenoxy) is 1. The second-order valence-electron chi connectivity index (χ2n) is 6.59. The van der Waals surface area contributed by atoms with Crippen LogP contribution in [0.5, 0.6) is 0 Å². The molecule has 128 valence electrons. The van der Waals surface area contributed by atoms with E-state index in [2.05, 4.69) is 46.5 Å². The summed E-state index contributed by atoms with van der Waals surface area (Å²) in [5.74, 6) is 0. The van der Waals surface area contributed by atoms with Gasteiger partial charge in [-0.2, -0.15) is 5.26 Å². The molecule has 2 heterocycles. The number of nitriles is 1. The van der Waals surface area contributed by atoms with Gasteiger partial charge in [-0.3, -0.25) is 0 Å². The Morgan fingerprint density at radius 1 is 0.880 bits per heavy atom. The van der Waals surface area contributed by atoms with Crippen molar-refractivity contribution in [1.29, 1.82) is 5.26 Å². The molecule has 3 N–H and O–H groups in total. The minimum atomic E-state index is 0.156. The van der Waals surface area contributed by atoms with Gasteiger partial charge in [0.15, 0.2) is 0 Å². The van der Waals surface area contributed by atoms with Crippen molar-refractivity contribution in [2.24, 2.45) is 0 Å². The average molecular weight is 334 g/mol. The van der Waals surface area contributed by atoms with Crippen molar-refractivity contribution in [3.8, 4) is 6.07 Å². The molecule has 0 amide bonds. The topological polar surface area (TPSA) is 69.1 Å². The van der Waals surface area contributed by atoms with Crippen LogP contribution in [0.3, 0.4) is 0 Å². The maximum atomic E-state index is 8.91. The first-order valence-corrected chi connectivity index (χ1v) is 8.77. The molecular weight excluding hydrogens is 312 g/mol. The smallest absolute Gasteiger partial charge is 0.0991 e. The summed E-state index contributed by atoms with van der Waals surface area (Å²) in [7, 11) is 0. The van der Waals surface area contributed by atoms with Gasteiger partial charge in [0.05, 0.1) is 24.3 Å². The molecule has 2 aromatic carbocycles. The predicted octanol–water partition coefficient (Wildman–Crippen LogP) is 2.50. The zero-order valence-corrected chi connectivity index (χ0v) is 14.0. The number of hydrogen-bond acceptors (Lipinski definition) is 5. The fourth-order valence-corrected chi connectivity index (χ4v) is 3.51. The van der Waals surface area contributed by atoms with Gasteiger partial charge in [-0.1, -0.05) is 36.4 Å². The summed E-state index contributed by atoms with van der Waals surface area (Å²) in [6.07, 6.45) is 1.14. The van der Waals surface area contributed by atoms with Crippen LogP contribution in [-0.2, 0) is 4.74 Å². The van der Waals surface area contributed by atoms with E-state index < -0.39 is 0 Å². The summed E-state index contributed by atoms with van der Waals surface area (Å²) in [6.45, 7) is 2.58. The summed E-state index contributed by atoms with van der Waals surface area (Å²) in [6, 6.07) is 19.2. The zero-order chi connectivity index (χ0) is 17.1. The molecule has 0 radical (unpaired) electrons. The first-order valence-electron chi connectivity index (χ1n) is 8.77. The van der Waals surface area contributed by atoms with E-state index in [1.54, 1.807) is 0 Å². The van der Waals surface area contributed by atoms with Crippen LogP contribution in [0.1, 0.15) is 46.9 Å². The van der Waals surface area contributed by atoms with Crippen LogP contribution in [0.15, 0.2) is 48.5 Å². The Morgan fingerprint density at radius 3 is 2.04 bits per heavy atom. The summed E-state index contributed by atoms with van der Waals surface area (Å²) in [4.78, 5) is 0. The molecular formula is C20H22N4O. The number of hydrazine groups is 1. The third-order valence-electron chi connectivity index (χ3n) is 4.98. The van der Waals surface area contributed by atoms with Gasteiger partial charge in [0, 0.05) is 25.2 Å². The summed E-state index contributed by atoms with van der Waals surface area (Å²) in [5.41, 5.74) is 11.2. The average Bonchev–Trinajstić information content (AvgIpc) is 3.19. The lowest BCUT2D eigenvalue weighted by Gasteiger charge is -2.24. The Labute approximate surface area is 148 Å². The molecule has 2 aromatic rings. The Balaban J connectivity index is 1.41. The van der Waals surface area contributed by atoms with Gasteiger partial charge in [-0.25, -0.2) is 10.9 Å². The highest BCUT2D eigenvalue weighted by molar-refractivity contribution is 5.34. The Bertz CT molecular complexity index is 745. The van der Waals surface area contributed by atoms with Crippen LogP contribution in [0, 0.1) is 11.3 Å². The number of rotatable bonds is 3. The number of benzene rings is 2. The molecule has 2 fully saturated rings. The molecule has 25 heavy (non-hydrogen) atoms. The Morgan fingerprint density at radius 2 is 1.48 bits per heavy atom. The molecule has 4 rings (SSSR count). The highest BCUT2D eigenvalue weighted by Crippen LogP contribution is 2.31. The van der Waals surface area contributed by atoms with Gasteiger partial charge in [0.2, 0.25) is 0 Å². The molecule has 3 unspecified atom stereocenters. The highest BCUT2D eigenvalue weighted by atomic mass is 16.5.